The Labute approximate surface area is 120 Å². The van der Waals surface area contributed by atoms with Crippen molar-refractivity contribution in [1.29, 1.82) is 0 Å². The molecule has 6 heteroatoms. The van der Waals surface area contributed by atoms with Gasteiger partial charge in [-0.25, -0.2) is 8.42 Å². The molecule has 0 heterocycles. The van der Waals surface area contributed by atoms with Crippen molar-refractivity contribution in [1.82, 2.24) is 0 Å². The van der Waals surface area contributed by atoms with Gasteiger partial charge in [-0.15, -0.1) is 0 Å². The van der Waals surface area contributed by atoms with E-state index in [9.17, 15) is 13.2 Å². The topological polar surface area (TPSA) is 75.6 Å². The molecule has 0 atom stereocenters. The maximum absolute atomic E-state index is 11.4. The molecule has 0 amide bonds. The number of aliphatic imine (C=N–C) groups is 1. The molecule has 1 rings (SSSR count). The monoisotopic (exact) mass is 296 g/mol. The van der Waals surface area contributed by atoms with Crippen molar-refractivity contribution < 1.29 is 13.2 Å². The summed E-state index contributed by atoms with van der Waals surface area (Å²) in [6.45, 7) is 7.83. The number of sulfonamides is 1. The van der Waals surface area contributed by atoms with Crippen LogP contribution in [0.4, 0.5) is 11.4 Å². The first-order chi connectivity index (χ1) is 9.04. The van der Waals surface area contributed by atoms with Crippen molar-refractivity contribution >= 4 is 33.9 Å². The minimum Gasteiger partial charge on any atom is -0.297 e. The second kappa shape index (κ2) is 5.75. The summed E-state index contributed by atoms with van der Waals surface area (Å²) >= 11 is 0. The lowest BCUT2D eigenvalue weighted by Crippen LogP contribution is -2.15. The Hall–Kier alpha value is -1.69. The third-order valence-corrected chi connectivity index (χ3v) is 3.41. The van der Waals surface area contributed by atoms with E-state index in [-0.39, 0.29) is 5.41 Å². The van der Waals surface area contributed by atoms with Gasteiger partial charge >= 0.3 is 0 Å². The van der Waals surface area contributed by atoms with Crippen LogP contribution in [0.15, 0.2) is 17.1 Å². The molecule has 0 unspecified atom stereocenters. The summed E-state index contributed by atoms with van der Waals surface area (Å²) in [5.41, 5.74) is 2.52. The Balaban J connectivity index is 3.50. The third-order valence-electron chi connectivity index (χ3n) is 2.82. The molecule has 110 valence electrons. The fraction of sp³-hybridized carbons (Fsp3) is 0.429. The van der Waals surface area contributed by atoms with Crippen molar-refractivity contribution in [2.45, 2.75) is 33.1 Å². The van der Waals surface area contributed by atoms with Crippen molar-refractivity contribution in [3.63, 3.8) is 0 Å². The van der Waals surface area contributed by atoms with Crippen LogP contribution in [0.1, 0.15) is 31.9 Å². The Morgan fingerprint density at radius 1 is 1.25 bits per heavy atom. The molecule has 0 radical (unpaired) electrons. The zero-order valence-corrected chi connectivity index (χ0v) is 13.2. The quantitative estimate of drug-likeness (QED) is 0.685. The summed E-state index contributed by atoms with van der Waals surface area (Å²) in [7, 11) is -3.37. The molecule has 1 aromatic rings. The Kier molecular flexibility index (Phi) is 4.70. The number of hydrogen-bond acceptors (Lipinski definition) is 4. The van der Waals surface area contributed by atoms with Crippen molar-refractivity contribution in [3.8, 4) is 0 Å². The predicted molar refractivity (Wildman–Crippen MR) is 82.6 cm³/mol. The summed E-state index contributed by atoms with van der Waals surface area (Å²) < 4.78 is 25.4. The van der Waals surface area contributed by atoms with E-state index < -0.39 is 10.0 Å². The van der Waals surface area contributed by atoms with Gasteiger partial charge in [-0.3, -0.25) is 14.5 Å². The number of carbonyl (C=O) groups is 1. The number of benzene rings is 1. The van der Waals surface area contributed by atoms with E-state index in [2.05, 4.69) is 9.71 Å². The number of hydrogen-bond donors (Lipinski definition) is 1. The van der Waals surface area contributed by atoms with Crippen molar-refractivity contribution in [3.05, 3.63) is 23.3 Å². The van der Waals surface area contributed by atoms with Gasteiger partial charge in [0.05, 0.1) is 23.8 Å². The Bertz CT molecular complexity index is 641. The second-order valence-corrected chi connectivity index (χ2v) is 7.45. The predicted octanol–water partition coefficient (Wildman–Crippen LogP) is 2.57. The molecule has 0 bridgehead atoms. The highest BCUT2D eigenvalue weighted by Crippen LogP contribution is 2.34. The van der Waals surface area contributed by atoms with Gasteiger partial charge in [0, 0.05) is 0 Å². The van der Waals surface area contributed by atoms with E-state index in [1.807, 2.05) is 26.8 Å². The van der Waals surface area contributed by atoms with E-state index in [0.29, 0.717) is 23.2 Å². The molecular weight excluding hydrogens is 276 g/mol. The molecule has 5 nitrogen and oxygen atoms in total. The van der Waals surface area contributed by atoms with Crippen LogP contribution >= 0.6 is 0 Å². The highest BCUT2D eigenvalue weighted by atomic mass is 32.2. The van der Waals surface area contributed by atoms with Crippen LogP contribution in [-0.2, 0) is 20.2 Å². The fourth-order valence-corrected chi connectivity index (χ4v) is 2.29. The van der Waals surface area contributed by atoms with Crippen LogP contribution in [0.3, 0.4) is 0 Å². The largest absolute Gasteiger partial charge is 0.297 e. The van der Waals surface area contributed by atoms with Gasteiger partial charge in [0.25, 0.3) is 0 Å². The minimum atomic E-state index is -3.37. The van der Waals surface area contributed by atoms with Gasteiger partial charge in [-0.05, 0) is 35.6 Å². The number of aldehydes is 1. The van der Waals surface area contributed by atoms with Gasteiger partial charge < -0.3 is 0 Å². The molecule has 0 aromatic heterocycles. The molecule has 0 saturated heterocycles. The number of nitrogens with zero attached hydrogens (tertiary/aromatic N) is 1. The average molecular weight is 296 g/mol. The van der Waals surface area contributed by atoms with E-state index in [1.54, 1.807) is 13.0 Å². The SMILES string of the molecule is Cc1c(N=CC=O)cc(C(C)(C)C)cc1NS(C)(=O)=O. The minimum absolute atomic E-state index is 0.160. The summed E-state index contributed by atoms with van der Waals surface area (Å²) in [5.74, 6) is 0. The number of anilines is 1. The highest BCUT2D eigenvalue weighted by molar-refractivity contribution is 7.92. The number of carbonyl (C=O) groups excluding carboxylic acids is 1. The summed E-state index contributed by atoms with van der Waals surface area (Å²) in [6, 6.07) is 3.67. The van der Waals surface area contributed by atoms with Crippen LogP contribution in [0.5, 0.6) is 0 Å². The molecular formula is C14H20N2O3S. The average Bonchev–Trinajstić information content (AvgIpc) is 2.27. The summed E-state index contributed by atoms with van der Waals surface area (Å²) in [4.78, 5) is 14.5. The lowest BCUT2D eigenvalue weighted by atomic mass is 9.85. The van der Waals surface area contributed by atoms with Gasteiger partial charge in [0.2, 0.25) is 10.0 Å². The van der Waals surface area contributed by atoms with E-state index in [4.69, 9.17) is 0 Å². The van der Waals surface area contributed by atoms with Crippen molar-refractivity contribution in [2.24, 2.45) is 4.99 Å². The molecule has 0 fully saturated rings. The van der Waals surface area contributed by atoms with E-state index >= 15 is 0 Å². The van der Waals surface area contributed by atoms with Crippen LogP contribution in [0.25, 0.3) is 0 Å². The summed E-state index contributed by atoms with van der Waals surface area (Å²) in [6.07, 6.45) is 2.84. The number of rotatable bonds is 4. The van der Waals surface area contributed by atoms with Crippen molar-refractivity contribution in [2.75, 3.05) is 11.0 Å². The Morgan fingerprint density at radius 2 is 1.85 bits per heavy atom. The lowest BCUT2D eigenvalue weighted by molar-refractivity contribution is -0.102. The molecule has 20 heavy (non-hydrogen) atoms. The lowest BCUT2D eigenvalue weighted by Gasteiger charge is -2.22. The second-order valence-electron chi connectivity index (χ2n) is 5.71. The molecule has 0 spiro atoms. The Morgan fingerprint density at radius 3 is 2.30 bits per heavy atom. The van der Waals surface area contributed by atoms with Gasteiger partial charge in [0.15, 0.2) is 6.29 Å². The highest BCUT2D eigenvalue weighted by Gasteiger charge is 2.18. The first-order valence-corrected chi connectivity index (χ1v) is 8.04. The molecule has 1 N–H and O–H groups in total. The smallest absolute Gasteiger partial charge is 0.229 e. The molecule has 0 aliphatic heterocycles. The third kappa shape index (κ3) is 4.45. The van der Waals surface area contributed by atoms with Gasteiger partial charge in [-0.2, -0.15) is 0 Å². The first-order valence-electron chi connectivity index (χ1n) is 6.15. The van der Waals surface area contributed by atoms with Crippen LogP contribution < -0.4 is 4.72 Å². The molecule has 0 aliphatic rings. The zero-order chi connectivity index (χ0) is 15.6. The maximum atomic E-state index is 11.4. The van der Waals surface area contributed by atoms with Gasteiger partial charge in [0.1, 0.15) is 0 Å². The van der Waals surface area contributed by atoms with Crippen LogP contribution in [0.2, 0.25) is 0 Å². The van der Waals surface area contributed by atoms with E-state index in [0.717, 1.165) is 18.0 Å². The molecule has 0 aliphatic carbocycles. The zero-order valence-electron chi connectivity index (χ0n) is 12.4. The first kappa shape index (κ1) is 16.4. The fourth-order valence-electron chi connectivity index (χ4n) is 1.68. The van der Waals surface area contributed by atoms with Crippen LogP contribution in [0, 0.1) is 6.92 Å². The maximum Gasteiger partial charge on any atom is 0.229 e. The van der Waals surface area contributed by atoms with Gasteiger partial charge in [-0.1, -0.05) is 20.8 Å². The van der Waals surface area contributed by atoms with E-state index in [1.165, 1.54) is 0 Å². The normalized spacial score (nSPS) is 12.7. The van der Waals surface area contributed by atoms with Crippen LogP contribution in [-0.4, -0.2) is 27.2 Å². The molecule has 0 saturated carbocycles. The standard InChI is InChI=1S/C14H20N2O3S/c1-10-12(15-6-7-17)8-11(14(2,3)4)9-13(10)16-20(5,18)19/h6-9,16H,1-5H3. The molecule has 1 aromatic carbocycles. The number of nitrogens with one attached hydrogen (secondary N) is 1. The summed E-state index contributed by atoms with van der Waals surface area (Å²) in [5, 5.41) is 0.